The summed E-state index contributed by atoms with van der Waals surface area (Å²) in [4.78, 5) is 10.1. The molecular weight excluding hydrogens is 192 g/mol. The number of anilines is 1. The van der Waals surface area contributed by atoms with Crippen molar-refractivity contribution in [3.05, 3.63) is 33.9 Å². The maximum atomic E-state index is 10.5. The Labute approximate surface area is 88.5 Å². The minimum absolute atomic E-state index is 0.106. The molecule has 0 saturated carbocycles. The lowest BCUT2D eigenvalue weighted by molar-refractivity contribution is -0.384. The standard InChI is InChI=1S/C11H12N2O2/c1-3-4-7-12-11-6-5-10(13(14)15)8-9(11)2/h1,5-6,8,12H,4,7H2,2H3. The first-order valence-corrected chi connectivity index (χ1v) is 4.57. The molecule has 4 nitrogen and oxygen atoms in total. The van der Waals surface area contributed by atoms with Crippen LogP contribution in [0.25, 0.3) is 0 Å². The molecule has 1 rings (SSSR count). The summed E-state index contributed by atoms with van der Waals surface area (Å²) in [6, 6.07) is 4.72. The Hall–Kier alpha value is -2.02. The van der Waals surface area contributed by atoms with Crippen LogP contribution in [-0.2, 0) is 0 Å². The van der Waals surface area contributed by atoms with Crippen molar-refractivity contribution in [3.63, 3.8) is 0 Å². The van der Waals surface area contributed by atoms with Crippen LogP contribution in [0.5, 0.6) is 0 Å². The van der Waals surface area contributed by atoms with Gasteiger partial charge >= 0.3 is 0 Å². The summed E-state index contributed by atoms with van der Waals surface area (Å²) in [7, 11) is 0. The first-order valence-electron chi connectivity index (χ1n) is 4.57. The number of benzene rings is 1. The van der Waals surface area contributed by atoms with Crippen molar-refractivity contribution in [2.24, 2.45) is 0 Å². The second-order valence-electron chi connectivity index (χ2n) is 3.14. The number of nitro benzene ring substituents is 1. The molecular formula is C11H12N2O2. The summed E-state index contributed by atoms with van der Waals surface area (Å²) in [5, 5.41) is 13.6. The number of nitro groups is 1. The van der Waals surface area contributed by atoms with E-state index in [-0.39, 0.29) is 5.69 Å². The van der Waals surface area contributed by atoms with Crippen LogP contribution in [0.1, 0.15) is 12.0 Å². The summed E-state index contributed by atoms with van der Waals surface area (Å²) in [6.45, 7) is 2.50. The predicted molar refractivity (Wildman–Crippen MR) is 59.8 cm³/mol. The van der Waals surface area contributed by atoms with Gasteiger partial charge in [0.1, 0.15) is 0 Å². The number of hydrogen-bond acceptors (Lipinski definition) is 3. The minimum Gasteiger partial charge on any atom is -0.384 e. The molecule has 0 aliphatic carbocycles. The van der Waals surface area contributed by atoms with Crippen LogP contribution in [0.3, 0.4) is 0 Å². The van der Waals surface area contributed by atoms with Crippen LogP contribution in [0.4, 0.5) is 11.4 Å². The summed E-state index contributed by atoms with van der Waals surface area (Å²) in [5.41, 5.74) is 1.84. The van der Waals surface area contributed by atoms with Gasteiger partial charge in [-0.2, -0.15) is 0 Å². The van der Waals surface area contributed by atoms with Crippen LogP contribution in [0.2, 0.25) is 0 Å². The van der Waals surface area contributed by atoms with Crippen molar-refractivity contribution in [2.75, 3.05) is 11.9 Å². The first kappa shape index (κ1) is 11.1. The number of nitrogens with one attached hydrogen (secondary N) is 1. The Morgan fingerprint density at radius 1 is 1.60 bits per heavy atom. The largest absolute Gasteiger partial charge is 0.384 e. The Bertz CT molecular complexity index is 408. The van der Waals surface area contributed by atoms with Crippen LogP contribution in [-0.4, -0.2) is 11.5 Å². The zero-order chi connectivity index (χ0) is 11.3. The van der Waals surface area contributed by atoms with E-state index in [0.717, 1.165) is 11.3 Å². The molecule has 0 saturated heterocycles. The highest BCUT2D eigenvalue weighted by Crippen LogP contribution is 2.20. The summed E-state index contributed by atoms with van der Waals surface area (Å²) in [5.74, 6) is 2.52. The van der Waals surface area contributed by atoms with Gasteiger partial charge in [0.2, 0.25) is 0 Å². The summed E-state index contributed by atoms with van der Waals surface area (Å²) >= 11 is 0. The molecule has 0 atom stereocenters. The molecule has 15 heavy (non-hydrogen) atoms. The van der Waals surface area contributed by atoms with Crippen LogP contribution in [0.15, 0.2) is 18.2 Å². The van der Waals surface area contributed by atoms with Crippen molar-refractivity contribution >= 4 is 11.4 Å². The van der Waals surface area contributed by atoms with E-state index >= 15 is 0 Å². The second-order valence-corrected chi connectivity index (χ2v) is 3.14. The van der Waals surface area contributed by atoms with E-state index in [1.807, 2.05) is 6.92 Å². The van der Waals surface area contributed by atoms with E-state index in [2.05, 4.69) is 11.2 Å². The molecule has 0 spiro atoms. The lowest BCUT2D eigenvalue weighted by Gasteiger charge is -2.07. The highest BCUT2D eigenvalue weighted by Gasteiger charge is 2.06. The fourth-order valence-electron chi connectivity index (χ4n) is 1.23. The molecule has 78 valence electrons. The minimum atomic E-state index is -0.405. The first-order chi connectivity index (χ1) is 7.15. The number of non-ortho nitro benzene ring substituents is 1. The topological polar surface area (TPSA) is 55.2 Å². The molecule has 1 aromatic rings. The van der Waals surface area contributed by atoms with Crippen molar-refractivity contribution in [2.45, 2.75) is 13.3 Å². The van der Waals surface area contributed by atoms with E-state index in [1.165, 1.54) is 12.1 Å². The van der Waals surface area contributed by atoms with Crippen molar-refractivity contribution in [3.8, 4) is 12.3 Å². The highest BCUT2D eigenvalue weighted by molar-refractivity contribution is 5.55. The zero-order valence-electron chi connectivity index (χ0n) is 8.49. The molecule has 0 fully saturated rings. The third-order valence-corrected chi connectivity index (χ3v) is 2.01. The van der Waals surface area contributed by atoms with Gasteiger partial charge in [0.15, 0.2) is 0 Å². The molecule has 1 N–H and O–H groups in total. The van der Waals surface area contributed by atoms with Crippen LogP contribution < -0.4 is 5.32 Å². The molecule has 0 amide bonds. The van der Waals surface area contributed by atoms with Gasteiger partial charge in [0.25, 0.3) is 5.69 Å². The quantitative estimate of drug-likeness (QED) is 0.354. The van der Waals surface area contributed by atoms with Gasteiger partial charge < -0.3 is 5.32 Å². The van der Waals surface area contributed by atoms with Crippen molar-refractivity contribution < 1.29 is 4.92 Å². The zero-order valence-corrected chi connectivity index (χ0v) is 8.49. The number of nitrogens with zero attached hydrogens (tertiary/aromatic N) is 1. The maximum Gasteiger partial charge on any atom is 0.269 e. The Morgan fingerprint density at radius 3 is 2.87 bits per heavy atom. The maximum absolute atomic E-state index is 10.5. The lowest BCUT2D eigenvalue weighted by atomic mass is 10.2. The molecule has 0 unspecified atom stereocenters. The Balaban J connectivity index is 2.76. The summed E-state index contributed by atoms with van der Waals surface area (Å²) < 4.78 is 0. The molecule has 4 heteroatoms. The number of aryl methyl sites for hydroxylation is 1. The van der Waals surface area contributed by atoms with Gasteiger partial charge in [-0.1, -0.05) is 0 Å². The van der Waals surface area contributed by atoms with E-state index in [1.54, 1.807) is 6.07 Å². The molecule has 0 aliphatic heterocycles. The second kappa shape index (κ2) is 5.01. The van der Waals surface area contributed by atoms with Crippen LogP contribution in [0, 0.1) is 29.4 Å². The fraction of sp³-hybridized carbons (Fsp3) is 0.273. The summed E-state index contributed by atoms with van der Waals surface area (Å²) in [6.07, 6.45) is 5.75. The lowest BCUT2D eigenvalue weighted by Crippen LogP contribution is -2.02. The molecule has 0 aromatic heterocycles. The van der Waals surface area contributed by atoms with E-state index in [4.69, 9.17) is 6.42 Å². The van der Waals surface area contributed by atoms with E-state index in [0.29, 0.717) is 13.0 Å². The normalized spacial score (nSPS) is 9.33. The van der Waals surface area contributed by atoms with Crippen LogP contribution >= 0.6 is 0 Å². The highest BCUT2D eigenvalue weighted by atomic mass is 16.6. The van der Waals surface area contributed by atoms with Crippen molar-refractivity contribution in [1.29, 1.82) is 0 Å². The molecule has 0 aliphatic rings. The fourth-order valence-corrected chi connectivity index (χ4v) is 1.23. The average Bonchev–Trinajstić information content (AvgIpc) is 2.20. The SMILES string of the molecule is C#CCCNc1ccc([N+](=O)[O-])cc1C. The molecule has 1 aromatic carbocycles. The number of rotatable bonds is 4. The van der Waals surface area contributed by atoms with Gasteiger partial charge in [0, 0.05) is 30.8 Å². The van der Waals surface area contributed by atoms with Crippen molar-refractivity contribution in [1.82, 2.24) is 0 Å². The molecule has 0 bridgehead atoms. The van der Waals surface area contributed by atoms with Gasteiger partial charge in [0.05, 0.1) is 4.92 Å². The monoisotopic (exact) mass is 204 g/mol. The third kappa shape index (κ3) is 2.99. The molecule has 0 radical (unpaired) electrons. The Morgan fingerprint density at radius 2 is 2.33 bits per heavy atom. The third-order valence-electron chi connectivity index (χ3n) is 2.01. The number of terminal acetylenes is 1. The smallest absolute Gasteiger partial charge is 0.269 e. The molecule has 0 heterocycles. The van der Waals surface area contributed by atoms with E-state index < -0.39 is 4.92 Å². The average molecular weight is 204 g/mol. The van der Waals surface area contributed by atoms with Gasteiger partial charge in [-0.3, -0.25) is 10.1 Å². The van der Waals surface area contributed by atoms with E-state index in [9.17, 15) is 10.1 Å². The van der Waals surface area contributed by atoms with Gasteiger partial charge in [-0.25, -0.2) is 0 Å². The van der Waals surface area contributed by atoms with Gasteiger partial charge in [-0.15, -0.1) is 12.3 Å². The number of hydrogen-bond donors (Lipinski definition) is 1. The Kier molecular flexibility index (Phi) is 3.69. The van der Waals surface area contributed by atoms with Gasteiger partial charge in [-0.05, 0) is 18.6 Å². The predicted octanol–water partition coefficient (Wildman–Crippen LogP) is 2.34.